The van der Waals surface area contributed by atoms with Gasteiger partial charge in [0.25, 0.3) is 10.0 Å². The maximum absolute atomic E-state index is 14.3. The van der Waals surface area contributed by atoms with Gasteiger partial charge in [-0.15, -0.1) is 11.3 Å². The van der Waals surface area contributed by atoms with Crippen LogP contribution in [0.2, 0.25) is 0 Å². The molecule has 51 heavy (non-hydrogen) atoms. The Bertz CT molecular complexity index is 2220. The minimum absolute atomic E-state index is 0.131. The van der Waals surface area contributed by atoms with Crippen molar-refractivity contribution in [2.45, 2.75) is 50.4 Å². The van der Waals surface area contributed by atoms with Crippen LogP contribution in [0, 0.1) is 13.8 Å². The van der Waals surface area contributed by atoms with Gasteiger partial charge in [-0.3, -0.25) is 9.69 Å². The molecular formula is C41H42N4O4S2. The number of sulfonamides is 1. The zero-order chi connectivity index (χ0) is 35.5. The van der Waals surface area contributed by atoms with E-state index in [0.29, 0.717) is 43.0 Å². The van der Waals surface area contributed by atoms with Gasteiger partial charge in [-0.1, -0.05) is 97.9 Å². The number of fused-ring (bicyclic) bond motifs is 1. The number of carbonyl (C=O) groups excluding carboxylic acids is 1. The highest BCUT2D eigenvalue weighted by atomic mass is 32.2. The zero-order valence-electron chi connectivity index (χ0n) is 29.1. The van der Waals surface area contributed by atoms with Gasteiger partial charge >= 0.3 is 0 Å². The van der Waals surface area contributed by atoms with E-state index in [9.17, 15) is 13.2 Å². The number of aromatic nitrogens is 2. The molecule has 2 aromatic heterocycles. The van der Waals surface area contributed by atoms with Crippen LogP contribution in [0.4, 0.5) is 0 Å². The lowest BCUT2D eigenvalue weighted by Gasteiger charge is -2.25. The fourth-order valence-corrected chi connectivity index (χ4v) is 9.72. The third-order valence-electron chi connectivity index (χ3n) is 9.43. The van der Waals surface area contributed by atoms with Crippen molar-refractivity contribution in [3.63, 3.8) is 0 Å². The molecule has 8 nitrogen and oxygen atoms in total. The van der Waals surface area contributed by atoms with Crippen molar-refractivity contribution in [2.24, 2.45) is 0 Å². The van der Waals surface area contributed by atoms with E-state index in [0.717, 1.165) is 52.4 Å². The number of imidazole rings is 1. The number of hydrogen-bond donors (Lipinski definition) is 1. The summed E-state index contributed by atoms with van der Waals surface area (Å²) in [7, 11) is -4.25. The van der Waals surface area contributed by atoms with Gasteiger partial charge in [0.05, 0.1) is 30.2 Å². The van der Waals surface area contributed by atoms with Crippen LogP contribution in [-0.4, -0.2) is 55.1 Å². The molecule has 1 aliphatic heterocycles. The number of aryl methyl sites for hydroxylation is 3. The normalized spacial score (nSPS) is 14.0. The molecular weight excluding hydrogens is 677 g/mol. The minimum atomic E-state index is -4.25. The van der Waals surface area contributed by atoms with Crippen molar-refractivity contribution in [3.8, 4) is 11.1 Å². The van der Waals surface area contributed by atoms with Crippen LogP contribution in [0.25, 0.3) is 22.2 Å². The number of morpholine rings is 1. The lowest BCUT2D eigenvalue weighted by Crippen LogP contribution is -2.35. The fourth-order valence-electron chi connectivity index (χ4n) is 6.94. The maximum atomic E-state index is 14.3. The van der Waals surface area contributed by atoms with Crippen LogP contribution in [0.15, 0.2) is 107 Å². The SMILES string of the molecule is CCc1nc2c(C)cc(C)cc2n1Cc1ccc(-c2cc(CN3CCOCC3)sc2S(=O)(=O)NC(=O)C(c2ccccc2)c2ccccc2)cc1. The molecule has 1 saturated heterocycles. The number of nitrogens with one attached hydrogen (secondary N) is 1. The number of carbonyl (C=O) groups is 1. The molecule has 7 rings (SSSR count). The monoisotopic (exact) mass is 718 g/mol. The van der Waals surface area contributed by atoms with E-state index in [1.165, 1.54) is 22.5 Å². The van der Waals surface area contributed by atoms with Crippen molar-refractivity contribution in [1.29, 1.82) is 0 Å². The van der Waals surface area contributed by atoms with Gasteiger partial charge in [0, 0.05) is 43.0 Å². The standard InChI is InChI=1S/C41H42N4O4S2/c1-4-37-42-39-29(3)23-28(2)24-36(39)45(37)26-30-15-17-31(18-16-30)35-25-34(27-44-19-21-49-22-20-44)50-41(35)51(47,48)43-40(46)38(32-11-7-5-8-12-32)33-13-9-6-10-14-33/h5-18,23-25,38H,4,19-22,26-27H2,1-3H3,(H,43,46). The molecule has 0 saturated carbocycles. The maximum Gasteiger partial charge on any atom is 0.274 e. The Kier molecular flexibility index (Phi) is 10.2. The second kappa shape index (κ2) is 14.9. The molecule has 0 atom stereocenters. The van der Waals surface area contributed by atoms with Crippen LogP contribution in [0.1, 0.15) is 51.4 Å². The van der Waals surface area contributed by atoms with Gasteiger partial charge < -0.3 is 9.30 Å². The number of amides is 1. The van der Waals surface area contributed by atoms with Crippen LogP contribution in [0.3, 0.4) is 0 Å². The lowest BCUT2D eigenvalue weighted by atomic mass is 9.91. The molecule has 6 aromatic rings. The quantitative estimate of drug-likeness (QED) is 0.150. The van der Waals surface area contributed by atoms with E-state index in [1.807, 2.05) is 78.9 Å². The van der Waals surface area contributed by atoms with Crippen LogP contribution in [-0.2, 0) is 39.1 Å². The summed E-state index contributed by atoms with van der Waals surface area (Å²) in [5.74, 6) is -0.360. The van der Waals surface area contributed by atoms with E-state index in [2.05, 4.69) is 59.2 Å². The zero-order valence-corrected chi connectivity index (χ0v) is 30.8. The summed E-state index contributed by atoms with van der Waals surface area (Å²) < 4.78 is 39.0. The molecule has 0 unspecified atom stereocenters. The van der Waals surface area contributed by atoms with Gasteiger partial charge in [0.2, 0.25) is 5.91 Å². The highest BCUT2D eigenvalue weighted by molar-refractivity contribution is 7.92. The Balaban J connectivity index is 1.22. The molecule has 3 heterocycles. The van der Waals surface area contributed by atoms with Crippen molar-refractivity contribution in [3.05, 3.63) is 142 Å². The van der Waals surface area contributed by atoms with Crippen molar-refractivity contribution < 1.29 is 17.9 Å². The Morgan fingerprint density at radius 2 is 1.53 bits per heavy atom. The van der Waals surface area contributed by atoms with Crippen molar-refractivity contribution in [1.82, 2.24) is 19.2 Å². The number of thiophene rings is 1. The number of hydrogen-bond acceptors (Lipinski definition) is 7. The first-order valence-corrected chi connectivity index (χ1v) is 19.6. The second-order valence-electron chi connectivity index (χ2n) is 13.1. The molecule has 1 amide bonds. The average molecular weight is 719 g/mol. The first-order valence-electron chi connectivity index (χ1n) is 17.3. The Morgan fingerprint density at radius 3 is 2.16 bits per heavy atom. The third kappa shape index (κ3) is 7.55. The van der Waals surface area contributed by atoms with Gasteiger partial charge in [-0.05, 0) is 59.4 Å². The Labute approximate surface area is 303 Å². The van der Waals surface area contributed by atoms with Crippen molar-refractivity contribution in [2.75, 3.05) is 26.3 Å². The Morgan fingerprint density at radius 1 is 0.882 bits per heavy atom. The third-order valence-corrected chi connectivity index (χ3v) is 12.4. The van der Waals surface area contributed by atoms with Crippen molar-refractivity contribution >= 4 is 38.3 Å². The number of benzene rings is 4. The molecule has 1 aliphatic rings. The molecule has 1 N–H and O–H groups in total. The molecule has 4 aromatic carbocycles. The highest BCUT2D eigenvalue weighted by Gasteiger charge is 2.31. The predicted octanol–water partition coefficient (Wildman–Crippen LogP) is 7.46. The van der Waals surface area contributed by atoms with Gasteiger partial charge in [0.1, 0.15) is 10.0 Å². The largest absolute Gasteiger partial charge is 0.379 e. The van der Waals surface area contributed by atoms with Gasteiger partial charge in [0.15, 0.2) is 0 Å². The van der Waals surface area contributed by atoms with E-state index < -0.39 is 21.8 Å². The molecule has 0 aliphatic carbocycles. The topological polar surface area (TPSA) is 93.5 Å². The average Bonchev–Trinajstić information content (AvgIpc) is 3.72. The van der Waals surface area contributed by atoms with E-state index in [4.69, 9.17) is 9.72 Å². The van der Waals surface area contributed by atoms with Gasteiger partial charge in [-0.2, -0.15) is 0 Å². The number of ether oxygens (including phenoxy) is 1. The smallest absolute Gasteiger partial charge is 0.274 e. The molecule has 1 fully saturated rings. The van der Waals surface area contributed by atoms with E-state index in [1.54, 1.807) is 0 Å². The van der Waals surface area contributed by atoms with E-state index in [-0.39, 0.29) is 4.21 Å². The first-order chi connectivity index (χ1) is 24.7. The molecule has 0 radical (unpaired) electrons. The summed E-state index contributed by atoms with van der Waals surface area (Å²) in [4.78, 5) is 22.1. The minimum Gasteiger partial charge on any atom is -0.379 e. The molecule has 262 valence electrons. The van der Waals surface area contributed by atoms with Crippen LogP contribution in [0.5, 0.6) is 0 Å². The second-order valence-corrected chi connectivity index (χ2v) is 16.2. The summed E-state index contributed by atoms with van der Waals surface area (Å²) in [6.45, 7) is 10.4. The first kappa shape index (κ1) is 34.8. The summed E-state index contributed by atoms with van der Waals surface area (Å²) in [6, 6.07) is 32.9. The fraction of sp³-hybridized carbons (Fsp3) is 0.268. The number of nitrogens with zero attached hydrogens (tertiary/aromatic N) is 3. The number of rotatable bonds is 11. The predicted molar refractivity (Wildman–Crippen MR) is 204 cm³/mol. The molecule has 10 heteroatoms. The van der Waals surface area contributed by atoms with E-state index >= 15 is 0 Å². The van der Waals surface area contributed by atoms with Crippen LogP contribution >= 0.6 is 11.3 Å². The summed E-state index contributed by atoms with van der Waals surface area (Å²) >= 11 is 1.22. The van der Waals surface area contributed by atoms with Gasteiger partial charge in [-0.25, -0.2) is 18.1 Å². The summed E-state index contributed by atoms with van der Waals surface area (Å²) in [6.07, 6.45) is 0.814. The summed E-state index contributed by atoms with van der Waals surface area (Å²) in [5, 5.41) is 0. The molecule has 0 spiro atoms. The Hall–Kier alpha value is -4.61. The lowest BCUT2D eigenvalue weighted by molar-refractivity contribution is -0.119. The van der Waals surface area contributed by atoms with Crippen LogP contribution < -0.4 is 4.72 Å². The highest BCUT2D eigenvalue weighted by Crippen LogP contribution is 2.37. The molecule has 0 bridgehead atoms. The summed E-state index contributed by atoms with van der Waals surface area (Å²) in [5.41, 5.74) is 8.38.